The lowest BCUT2D eigenvalue weighted by molar-refractivity contribution is -0.173. The molecule has 4 atom stereocenters. The monoisotopic (exact) mass is 228 g/mol. The highest BCUT2D eigenvalue weighted by molar-refractivity contribution is 7.80. The van der Waals surface area contributed by atoms with Crippen LogP contribution in [0.1, 0.15) is 6.92 Å². The molecule has 3 N–H and O–H groups in total. The number of rotatable bonds is 2. The molecule has 1 saturated heterocycles. The second-order valence-corrected chi connectivity index (χ2v) is 4.13. The summed E-state index contributed by atoms with van der Waals surface area (Å²) in [6.07, 6.45) is -4.65. The van der Waals surface area contributed by atoms with Gasteiger partial charge in [0.15, 0.2) is 0 Å². The third-order valence-corrected chi connectivity index (χ3v) is 2.42. The van der Waals surface area contributed by atoms with Crippen LogP contribution in [-0.2, 0) is 19.3 Å². The van der Waals surface area contributed by atoms with Gasteiger partial charge >= 0.3 is 10.4 Å². The standard InChI is InChI=1S/C6H12O7S/c1-3-5(8)6(4(7)2-12-3)13-14(9,10)11/h3-8H,2H2,1H3,(H,9,10,11)/t3?,4?,5-,6?/m0/s1. The molecule has 0 saturated carbocycles. The van der Waals surface area contributed by atoms with Crippen LogP contribution in [0.5, 0.6) is 0 Å². The van der Waals surface area contributed by atoms with Crippen molar-refractivity contribution in [3.05, 3.63) is 0 Å². The maximum Gasteiger partial charge on any atom is 0.397 e. The predicted octanol–water partition coefficient (Wildman–Crippen LogP) is -1.69. The van der Waals surface area contributed by atoms with E-state index in [2.05, 4.69) is 4.18 Å². The molecule has 8 heteroatoms. The third-order valence-electron chi connectivity index (χ3n) is 1.96. The van der Waals surface area contributed by atoms with Gasteiger partial charge in [0.2, 0.25) is 0 Å². The number of aliphatic hydroxyl groups excluding tert-OH is 2. The zero-order valence-corrected chi connectivity index (χ0v) is 8.22. The summed E-state index contributed by atoms with van der Waals surface area (Å²) in [6.45, 7) is 1.34. The first-order valence-corrected chi connectivity index (χ1v) is 5.31. The van der Waals surface area contributed by atoms with Crippen LogP contribution in [0.2, 0.25) is 0 Å². The van der Waals surface area contributed by atoms with Crippen LogP contribution in [0.15, 0.2) is 0 Å². The van der Waals surface area contributed by atoms with Crippen molar-refractivity contribution in [1.82, 2.24) is 0 Å². The zero-order valence-electron chi connectivity index (χ0n) is 7.40. The van der Waals surface area contributed by atoms with E-state index in [-0.39, 0.29) is 6.61 Å². The molecule has 3 unspecified atom stereocenters. The summed E-state index contributed by atoms with van der Waals surface area (Å²) in [4.78, 5) is 0. The lowest BCUT2D eigenvalue weighted by Crippen LogP contribution is -2.53. The summed E-state index contributed by atoms with van der Waals surface area (Å²) in [6, 6.07) is 0. The van der Waals surface area contributed by atoms with Gasteiger partial charge in [-0.15, -0.1) is 0 Å². The molecule has 0 radical (unpaired) electrons. The molecule has 1 rings (SSSR count). The van der Waals surface area contributed by atoms with Crippen LogP contribution in [0.3, 0.4) is 0 Å². The first kappa shape index (κ1) is 11.8. The number of hydrogen-bond acceptors (Lipinski definition) is 6. The van der Waals surface area contributed by atoms with Crippen molar-refractivity contribution in [2.24, 2.45) is 0 Å². The molecular weight excluding hydrogens is 216 g/mol. The Labute approximate surface area is 81.2 Å². The molecule has 0 aliphatic carbocycles. The van der Waals surface area contributed by atoms with Crippen molar-refractivity contribution < 1.29 is 32.1 Å². The van der Waals surface area contributed by atoms with Crippen molar-refractivity contribution in [1.29, 1.82) is 0 Å². The summed E-state index contributed by atoms with van der Waals surface area (Å²) in [7, 11) is -4.69. The van der Waals surface area contributed by atoms with Crippen LogP contribution in [0.4, 0.5) is 0 Å². The summed E-state index contributed by atoms with van der Waals surface area (Å²) in [5.74, 6) is 0. The van der Waals surface area contributed by atoms with Crippen molar-refractivity contribution in [3.8, 4) is 0 Å². The average Bonchev–Trinajstić information content (AvgIpc) is 2.04. The largest absolute Gasteiger partial charge is 0.397 e. The average molecular weight is 228 g/mol. The van der Waals surface area contributed by atoms with Gasteiger partial charge in [0.25, 0.3) is 0 Å². The molecule has 84 valence electrons. The Kier molecular flexibility index (Phi) is 3.45. The molecular formula is C6H12O7S. The molecule has 7 nitrogen and oxygen atoms in total. The molecule has 1 aliphatic heterocycles. The minimum atomic E-state index is -4.69. The second kappa shape index (κ2) is 4.09. The van der Waals surface area contributed by atoms with Gasteiger partial charge in [-0.2, -0.15) is 8.42 Å². The summed E-state index contributed by atoms with van der Waals surface area (Å²) in [5, 5.41) is 18.6. The lowest BCUT2D eigenvalue weighted by atomic mass is 10.0. The Hall–Kier alpha value is -0.250. The highest BCUT2D eigenvalue weighted by Gasteiger charge is 2.39. The topological polar surface area (TPSA) is 113 Å². The molecule has 1 aliphatic rings. The normalized spacial score (nSPS) is 39.7. The Balaban J connectivity index is 2.73. The van der Waals surface area contributed by atoms with E-state index in [1.165, 1.54) is 6.92 Å². The molecule has 0 aromatic heterocycles. The van der Waals surface area contributed by atoms with Gasteiger partial charge in [-0.3, -0.25) is 4.55 Å². The summed E-state index contributed by atoms with van der Waals surface area (Å²) in [5.41, 5.74) is 0. The third kappa shape index (κ3) is 2.87. The van der Waals surface area contributed by atoms with E-state index in [1.54, 1.807) is 0 Å². The molecule has 0 bridgehead atoms. The van der Waals surface area contributed by atoms with Crippen LogP contribution in [0, 0.1) is 0 Å². The first-order chi connectivity index (χ1) is 6.31. The summed E-state index contributed by atoms with van der Waals surface area (Å²) >= 11 is 0. The van der Waals surface area contributed by atoms with Gasteiger partial charge in [0, 0.05) is 0 Å². The van der Waals surface area contributed by atoms with Gasteiger partial charge in [0.05, 0.1) is 12.7 Å². The van der Waals surface area contributed by atoms with Gasteiger partial charge in [-0.1, -0.05) is 0 Å². The Bertz CT molecular complexity index is 287. The van der Waals surface area contributed by atoms with E-state index in [1.807, 2.05) is 0 Å². The maximum absolute atomic E-state index is 10.4. The first-order valence-electron chi connectivity index (χ1n) is 3.94. The van der Waals surface area contributed by atoms with Crippen LogP contribution < -0.4 is 0 Å². The molecule has 0 aromatic rings. The van der Waals surface area contributed by atoms with E-state index in [0.29, 0.717) is 0 Å². The van der Waals surface area contributed by atoms with E-state index in [9.17, 15) is 18.6 Å². The quantitative estimate of drug-likeness (QED) is 0.483. The van der Waals surface area contributed by atoms with E-state index in [4.69, 9.17) is 9.29 Å². The smallest absolute Gasteiger partial charge is 0.388 e. The van der Waals surface area contributed by atoms with Crippen molar-refractivity contribution in [3.63, 3.8) is 0 Å². The Morgan fingerprint density at radius 3 is 2.50 bits per heavy atom. The minimum absolute atomic E-state index is 0.154. The van der Waals surface area contributed by atoms with E-state index < -0.39 is 34.8 Å². The SMILES string of the molecule is CC1OCC(O)C(OS(=O)(=O)O)[C@H]1O. The van der Waals surface area contributed by atoms with E-state index >= 15 is 0 Å². The number of hydrogen-bond donors (Lipinski definition) is 3. The highest BCUT2D eigenvalue weighted by atomic mass is 32.3. The van der Waals surface area contributed by atoms with Crippen LogP contribution in [-0.4, -0.2) is 54.2 Å². The number of aliphatic hydroxyl groups is 2. The van der Waals surface area contributed by atoms with Gasteiger partial charge in [-0.25, -0.2) is 4.18 Å². The zero-order chi connectivity index (χ0) is 10.9. The highest BCUT2D eigenvalue weighted by Crippen LogP contribution is 2.19. The molecule has 14 heavy (non-hydrogen) atoms. The number of ether oxygens (including phenoxy) is 1. The fourth-order valence-electron chi connectivity index (χ4n) is 1.20. The molecule has 1 fully saturated rings. The van der Waals surface area contributed by atoms with Gasteiger partial charge in [-0.05, 0) is 6.92 Å². The van der Waals surface area contributed by atoms with Gasteiger partial charge in [0.1, 0.15) is 18.3 Å². The fourth-order valence-corrected chi connectivity index (χ4v) is 1.72. The van der Waals surface area contributed by atoms with Crippen LogP contribution in [0.25, 0.3) is 0 Å². The Morgan fingerprint density at radius 2 is 2.00 bits per heavy atom. The fraction of sp³-hybridized carbons (Fsp3) is 1.00. The van der Waals surface area contributed by atoms with E-state index in [0.717, 1.165) is 0 Å². The second-order valence-electron chi connectivity index (χ2n) is 3.08. The molecule has 0 amide bonds. The van der Waals surface area contributed by atoms with Gasteiger partial charge < -0.3 is 14.9 Å². The van der Waals surface area contributed by atoms with Crippen molar-refractivity contribution in [2.75, 3.05) is 6.61 Å². The molecule has 1 heterocycles. The summed E-state index contributed by atoms with van der Waals surface area (Å²) < 4.78 is 38.1. The maximum atomic E-state index is 10.4. The van der Waals surface area contributed by atoms with Crippen molar-refractivity contribution in [2.45, 2.75) is 31.3 Å². The lowest BCUT2D eigenvalue weighted by Gasteiger charge is -2.34. The Morgan fingerprint density at radius 1 is 1.43 bits per heavy atom. The molecule has 0 aromatic carbocycles. The predicted molar refractivity (Wildman–Crippen MR) is 43.8 cm³/mol. The van der Waals surface area contributed by atoms with Crippen LogP contribution >= 0.6 is 0 Å². The molecule has 0 spiro atoms. The minimum Gasteiger partial charge on any atom is -0.388 e. The van der Waals surface area contributed by atoms with Crippen molar-refractivity contribution >= 4 is 10.4 Å².